The molecule has 0 aliphatic rings. The molecule has 2 N–H and O–H groups in total. The van der Waals surface area contributed by atoms with E-state index in [2.05, 4.69) is 10.0 Å². The van der Waals surface area contributed by atoms with Crippen LogP contribution in [0.5, 0.6) is 0 Å². The van der Waals surface area contributed by atoms with E-state index in [0.717, 1.165) is 6.26 Å². The van der Waals surface area contributed by atoms with Crippen LogP contribution in [0, 0.1) is 0 Å². The first-order valence-electron chi connectivity index (χ1n) is 4.57. The fourth-order valence-electron chi connectivity index (χ4n) is 0.906. The van der Waals surface area contributed by atoms with Crippen molar-refractivity contribution >= 4 is 10.0 Å². The van der Waals surface area contributed by atoms with Crippen LogP contribution in [-0.2, 0) is 14.8 Å². The van der Waals surface area contributed by atoms with Gasteiger partial charge in [0.05, 0.1) is 12.4 Å². The maximum atomic E-state index is 10.7. The highest BCUT2D eigenvalue weighted by molar-refractivity contribution is 7.88. The maximum Gasteiger partial charge on any atom is 0.208 e. The van der Waals surface area contributed by atoms with Crippen LogP contribution < -0.4 is 10.0 Å². The summed E-state index contributed by atoms with van der Waals surface area (Å²) in [5.41, 5.74) is 0. The van der Waals surface area contributed by atoms with Crippen LogP contribution in [0.4, 0.5) is 0 Å². The highest BCUT2D eigenvalue weighted by Crippen LogP contribution is 1.94. The summed E-state index contributed by atoms with van der Waals surface area (Å²) < 4.78 is 28.9. The molecule has 0 bridgehead atoms. The summed E-state index contributed by atoms with van der Waals surface area (Å²) in [6.45, 7) is 4.96. The van der Waals surface area contributed by atoms with Crippen LogP contribution in [0.2, 0.25) is 0 Å². The molecule has 86 valence electrons. The van der Waals surface area contributed by atoms with Gasteiger partial charge in [0.1, 0.15) is 0 Å². The first-order chi connectivity index (χ1) is 6.37. The third kappa shape index (κ3) is 7.25. The van der Waals surface area contributed by atoms with Crippen LogP contribution in [-0.4, -0.2) is 47.0 Å². The number of ether oxygens (including phenoxy) is 1. The van der Waals surface area contributed by atoms with Gasteiger partial charge in [-0.15, -0.1) is 0 Å². The molecule has 0 saturated carbocycles. The molecule has 0 aromatic heterocycles. The molecule has 2 unspecified atom stereocenters. The lowest BCUT2D eigenvalue weighted by Gasteiger charge is -2.19. The number of methoxy groups -OCH3 is 1. The van der Waals surface area contributed by atoms with Crippen molar-refractivity contribution in [2.24, 2.45) is 0 Å². The highest BCUT2D eigenvalue weighted by atomic mass is 32.2. The lowest BCUT2D eigenvalue weighted by atomic mass is 10.2. The van der Waals surface area contributed by atoms with Gasteiger partial charge in [0.2, 0.25) is 10.0 Å². The summed E-state index contributed by atoms with van der Waals surface area (Å²) >= 11 is 0. The Labute approximate surface area is 86.3 Å². The largest absolute Gasteiger partial charge is 0.380 e. The van der Waals surface area contributed by atoms with E-state index < -0.39 is 10.0 Å². The molecule has 0 amide bonds. The Balaban J connectivity index is 3.55. The van der Waals surface area contributed by atoms with Gasteiger partial charge in [0.15, 0.2) is 0 Å². The average Bonchev–Trinajstić information content (AvgIpc) is 2.09. The van der Waals surface area contributed by atoms with Gasteiger partial charge >= 0.3 is 0 Å². The molecule has 0 radical (unpaired) electrons. The minimum Gasteiger partial charge on any atom is -0.380 e. The molecular weight excluding hydrogens is 204 g/mol. The van der Waals surface area contributed by atoms with Crippen molar-refractivity contribution in [3.8, 4) is 0 Å². The van der Waals surface area contributed by atoms with Gasteiger partial charge < -0.3 is 10.1 Å². The Hall–Kier alpha value is -0.170. The second kappa shape index (κ2) is 6.34. The van der Waals surface area contributed by atoms with Crippen LogP contribution in [0.15, 0.2) is 0 Å². The topological polar surface area (TPSA) is 67.4 Å². The van der Waals surface area contributed by atoms with E-state index in [1.165, 1.54) is 0 Å². The standard InChI is InChI=1S/C8H20N2O3S/c1-7(8(2)13-3)9-5-6-10-14(4,11)12/h7-10H,5-6H2,1-4H3. The minimum atomic E-state index is -3.07. The summed E-state index contributed by atoms with van der Waals surface area (Å²) in [5.74, 6) is 0. The van der Waals surface area contributed by atoms with Crippen LogP contribution in [0.1, 0.15) is 13.8 Å². The third-order valence-corrected chi connectivity index (χ3v) is 2.76. The molecule has 0 aliphatic carbocycles. The molecule has 2 atom stereocenters. The van der Waals surface area contributed by atoms with Crippen molar-refractivity contribution in [2.75, 3.05) is 26.5 Å². The lowest BCUT2D eigenvalue weighted by Crippen LogP contribution is -2.41. The molecule has 0 saturated heterocycles. The fraction of sp³-hybridized carbons (Fsp3) is 1.00. The van der Waals surface area contributed by atoms with Crippen molar-refractivity contribution < 1.29 is 13.2 Å². The van der Waals surface area contributed by atoms with E-state index in [1.807, 2.05) is 13.8 Å². The number of hydrogen-bond acceptors (Lipinski definition) is 4. The Bertz CT molecular complexity index is 241. The minimum absolute atomic E-state index is 0.119. The van der Waals surface area contributed by atoms with Crippen molar-refractivity contribution in [3.63, 3.8) is 0 Å². The normalized spacial score (nSPS) is 16.6. The highest BCUT2D eigenvalue weighted by Gasteiger charge is 2.09. The summed E-state index contributed by atoms with van der Waals surface area (Å²) in [7, 11) is -1.42. The van der Waals surface area contributed by atoms with E-state index in [1.54, 1.807) is 7.11 Å². The number of rotatable bonds is 7. The monoisotopic (exact) mass is 224 g/mol. The van der Waals surface area contributed by atoms with Crippen molar-refractivity contribution in [1.29, 1.82) is 0 Å². The van der Waals surface area contributed by atoms with Crippen LogP contribution >= 0.6 is 0 Å². The molecule has 5 nitrogen and oxygen atoms in total. The van der Waals surface area contributed by atoms with Gasteiger partial charge in [-0.1, -0.05) is 0 Å². The van der Waals surface area contributed by atoms with Crippen molar-refractivity contribution in [1.82, 2.24) is 10.0 Å². The molecule has 0 aromatic rings. The molecule has 6 heteroatoms. The predicted octanol–water partition coefficient (Wildman–Crippen LogP) is -0.451. The van der Waals surface area contributed by atoms with Gasteiger partial charge in [0.25, 0.3) is 0 Å². The van der Waals surface area contributed by atoms with Gasteiger partial charge in [-0.25, -0.2) is 13.1 Å². The SMILES string of the molecule is COC(C)C(C)NCCNS(C)(=O)=O. The zero-order valence-corrected chi connectivity index (χ0v) is 10.0. The number of sulfonamides is 1. The molecule has 0 heterocycles. The van der Waals surface area contributed by atoms with Gasteiger partial charge in [-0.3, -0.25) is 0 Å². The molecule has 14 heavy (non-hydrogen) atoms. The first-order valence-corrected chi connectivity index (χ1v) is 6.46. The smallest absolute Gasteiger partial charge is 0.208 e. The van der Waals surface area contributed by atoms with Crippen LogP contribution in [0.25, 0.3) is 0 Å². The Morgan fingerprint density at radius 1 is 1.29 bits per heavy atom. The van der Waals surface area contributed by atoms with E-state index in [9.17, 15) is 8.42 Å². The zero-order chi connectivity index (χ0) is 11.2. The Morgan fingerprint density at radius 3 is 2.29 bits per heavy atom. The zero-order valence-electron chi connectivity index (χ0n) is 9.20. The summed E-state index contributed by atoms with van der Waals surface area (Å²) in [6.07, 6.45) is 1.27. The summed E-state index contributed by atoms with van der Waals surface area (Å²) in [5, 5.41) is 3.15. The van der Waals surface area contributed by atoms with Gasteiger partial charge in [-0.2, -0.15) is 0 Å². The Morgan fingerprint density at radius 2 is 1.86 bits per heavy atom. The van der Waals surface area contributed by atoms with Gasteiger partial charge in [-0.05, 0) is 13.8 Å². The van der Waals surface area contributed by atoms with Crippen molar-refractivity contribution in [2.45, 2.75) is 26.0 Å². The first kappa shape index (κ1) is 13.8. The number of nitrogens with one attached hydrogen (secondary N) is 2. The van der Waals surface area contributed by atoms with Crippen LogP contribution in [0.3, 0.4) is 0 Å². The molecule has 0 rings (SSSR count). The van der Waals surface area contributed by atoms with E-state index >= 15 is 0 Å². The summed E-state index contributed by atoms with van der Waals surface area (Å²) in [4.78, 5) is 0. The maximum absolute atomic E-state index is 10.7. The predicted molar refractivity (Wildman–Crippen MR) is 56.8 cm³/mol. The van der Waals surface area contributed by atoms with E-state index in [4.69, 9.17) is 4.74 Å². The molecule has 0 aromatic carbocycles. The van der Waals surface area contributed by atoms with Gasteiger partial charge in [0, 0.05) is 26.2 Å². The Kier molecular flexibility index (Phi) is 6.26. The molecule has 0 aliphatic heterocycles. The second-order valence-electron chi connectivity index (χ2n) is 3.35. The molecule has 0 fully saturated rings. The van der Waals surface area contributed by atoms with Crippen molar-refractivity contribution in [3.05, 3.63) is 0 Å². The molecule has 0 spiro atoms. The fourth-order valence-corrected chi connectivity index (χ4v) is 1.38. The molecular formula is C8H20N2O3S. The lowest BCUT2D eigenvalue weighted by molar-refractivity contribution is 0.0891. The number of hydrogen-bond donors (Lipinski definition) is 2. The third-order valence-electron chi connectivity index (χ3n) is 2.03. The summed E-state index contributed by atoms with van der Waals surface area (Å²) in [6, 6.07) is 0.210. The average molecular weight is 224 g/mol. The second-order valence-corrected chi connectivity index (χ2v) is 5.18. The van der Waals surface area contributed by atoms with E-state index in [-0.39, 0.29) is 12.1 Å². The van der Waals surface area contributed by atoms with E-state index in [0.29, 0.717) is 13.1 Å². The quantitative estimate of drug-likeness (QED) is 0.575.